The van der Waals surface area contributed by atoms with Crippen molar-refractivity contribution in [1.82, 2.24) is 9.62 Å². The highest BCUT2D eigenvalue weighted by Gasteiger charge is 2.15. The van der Waals surface area contributed by atoms with Crippen molar-refractivity contribution >= 4 is 10.0 Å². The van der Waals surface area contributed by atoms with Crippen molar-refractivity contribution in [2.75, 3.05) is 26.2 Å². The maximum atomic E-state index is 13.4. The highest BCUT2D eigenvalue weighted by Crippen LogP contribution is 2.10. The zero-order chi connectivity index (χ0) is 14.4. The average Bonchev–Trinajstić information content (AvgIpc) is 2.90. The first kappa shape index (κ1) is 15.4. The minimum Gasteiger partial charge on any atom is -0.303 e. The maximum Gasteiger partial charge on any atom is 0.215 e. The fourth-order valence-corrected chi connectivity index (χ4v) is 3.61. The Balaban J connectivity index is 1.75. The summed E-state index contributed by atoms with van der Waals surface area (Å²) < 4.78 is 39.7. The van der Waals surface area contributed by atoms with Crippen LogP contribution in [0.15, 0.2) is 24.3 Å². The molecule has 0 amide bonds. The lowest BCUT2D eigenvalue weighted by Crippen LogP contribution is -2.29. The first-order chi connectivity index (χ1) is 9.57. The SMILES string of the molecule is O=S(=O)(Cc1ccccc1F)NCCCN1CCCC1. The van der Waals surface area contributed by atoms with E-state index in [1.165, 1.54) is 25.0 Å². The second-order valence-corrected chi connectivity index (χ2v) is 6.95. The summed E-state index contributed by atoms with van der Waals surface area (Å²) in [6.45, 7) is 3.56. The number of benzene rings is 1. The van der Waals surface area contributed by atoms with Gasteiger partial charge in [-0.3, -0.25) is 0 Å². The number of halogens is 1. The summed E-state index contributed by atoms with van der Waals surface area (Å²) in [7, 11) is -3.46. The topological polar surface area (TPSA) is 49.4 Å². The van der Waals surface area contributed by atoms with E-state index in [0.29, 0.717) is 6.54 Å². The maximum absolute atomic E-state index is 13.4. The molecular weight excluding hydrogens is 279 g/mol. The molecule has 1 aromatic carbocycles. The first-order valence-corrected chi connectivity index (χ1v) is 8.65. The molecule has 20 heavy (non-hydrogen) atoms. The molecular formula is C14H21FN2O2S. The van der Waals surface area contributed by atoms with Gasteiger partial charge in [0.25, 0.3) is 0 Å². The average molecular weight is 300 g/mol. The number of hydrogen-bond donors (Lipinski definition) is 1. The predicted molar refractivity (Wildman–Crippen MR) is 77.3 cm³/mol. The lowest BCUT2D eigenvalue weighted by molar-refractivity contribution is 0.334. The van der Waals surface area contributed by atoms with Crippen LogP contribution in [-0.2, 0) is 15.8 Å². The Morgan fingerprint density at radius 3 is 2.60 bits per heavy atom. The summed E-state index contributed by atoms with van der Waals surface area (Å²) in [5.41, 5.74) is 0.208. The molecule has 0 saturated carbocycles. The molecule has 0 spiro atoms. The molecule has 2 rings (SSSR count). The normalized spacial score (nSPS) is 16.6. The molecule has 1 N–H and O–H groups in total. The van der Waals surface area contributed by atoms with Crippen LogP contribution in [-0.4, -0.2) is 39.5 Å². The Labute approximate surface area is 120 Å². The van der Waals surface area contributed by atoms with Crippen LogP contribution >= 0.6 is 0 Å². The Kier molecular flexibility index (Phi) is 5.51. The van der Waals surface area contributed by atoms with Crippen LogP contribution in [0.5, 0.6) is 0 Å². The lowest BCUT2D eigenvalue weighted by atomic mass is 10.2. The van der Waals surface area contributed by atoms with Crippen molar-refractivity contribution in [1.29, 1.82) is 0 Å². The van der Waals surface area contributed by atoms with E-state index < -0.39 is 15.8 Å². The second-order valence-electron chi connectivity index (χ2n) is 5.15. The smallest absolute Gasteiger partial charge is 0.215 e. The van der Waals surface area contributed by atoms with E-state index in [1.54, 1.807) is 12.1 Å². The molecule has 0 aromatic heterocycles. The van der Waals surface area contributed by atoms with Gasteiger partial charge >= 0.3 is 0 Å². The van der Waals surface area contributed by atoms with Gasteiger partial charge in [-0.05, 0) is 45.0 Å². The molecule has 1 heterocycles. The molecule has 0 aliphatic carbocycles. The van der Waals surface area contributed by atoms with E-state index in [4.69, 9.17) is 0 Å². The fourth-order valence-electron chi connectivity index (χ4n) is 2.41. The standard InChI is InChI=1S/C14H21FN2O2S/c15-14-7-2-1-6-13(14)12-20(18,19)16-8-5-11-17-9-3-4-10-17/h1-2,6-7,16H,3-5,8-12H2. The molecule has 0 radical (unpaired) electrons. The van der Waals surface area contributed by atoms with Crippen LogP contribution in [0.25, 0.3) is 0 Å². The Hall–Kier alpha value is -0.980. The summed E-state index contributed by atoms with van der Waals surface area (Å²) in [6.07, 6.45) is 3.26. The Bertz CT molecular complexity index is 528. The predicted octanol–water partition coefficient (Wildman–Crippen LogP) is 1.73. The monoisotopic (exact) mass is 300 g/mol. The van der Waals surface area contributed by atoms with Gasteiger partial charge in [0.2, 0.25) is 10.0 Å². The van der Waals surface area contributed by atoms with Crippen LogP contribution in [0.3, 0.4) is 0 Å². The second kappa shape index (κ2) is 7.15. The van der Waals surface area contributed by atoms with E-state index in [9.17, 15) is 12.8 Å². The van der Waals surface area contributed by atoms with Gasteiger partial charge in [-0.25, -0.2) is 17.5 Å². The van der Waals surface area contributed by atoms with E-state index in [0.717, 1.165) is 26.1 Å². The molecule has 1 aliphatic heterocycles. The zero-order valence-corrected chi connectivity index (χ0v) is 12.3. The third-order valence-corrected chi connectivity index (χ3v) is 4.81. The quantitative estimate of drug-likeness (QED) is 0.780. The molecule has 112 valence electrons. The van der Waals surface area contributed by atoms with Crippen LogP contribution < -0.4 is 4.72 Å². The number of nitrogens with zero attached hydrogens (tertiary/aromatic N) is 1. The molecule has 0 atom stereocenters. The van der Waals surface area contributed by atoms with Crippen molar-refractivity contribution in [3.05, 3.63) is 35.6 Å². The third-order valence-electron chi connectivity index (χ3n) is 3.48. The number of hydrogen-bond acceptors (Lipinski definition) is 3. The number of likely N-dealkylation sites (tertiary alicyclic amines) is 1. The van der Waals surface area contributed by atoms with Crippen LogP contribution in [0.1, 0.15) is 24.8 Å². The zero-order valence-electron chi connectivity index (χ0n) is 11.5. The van der Waals surface area contributed by atoms with Gasteiger partial charge < -0.3 is 4.90 Å². The summed E-state index contributed by atoms with van der Waals surface area (Å²) in [6, 6.07) is 5.97. The highest BCUT2D eigenvalue weighted by molar-refractivity contribution is 7.88. The van der Waals surface area contributed by atoms with E-state index in [2.05, 4.69) is 9.62 Å². The molecule has 6 heteroatoms. The third kappa shape index (κ3) is 4.85. The summed E-state index contributed by atoms with van der Waals surface area (Å²) in [4.78, 5) is 2.34. The number of rotatable bonds is 7. The molecule has 1 saturated heterocycles. The highest BCUT2D eigenvalue weighted by atomic mass is 32.2. The van der Waals surface area contributed by atoms with Crippen LogP contribution in [0.2, 0.25) is 0 Å². The molecule has 0 bridgehead atoms. The molecule has 1 aromatic rings. The number of sulfonamides is 1. The van der Waals surface area contributed by atoms with Crippen molar-refractivity contribution in [3.8, 4) is 0 Å². The molecule has 4 nitrogen and oxygen atoms in total. The van der Waals surface area contributed by atoms with Crippen LogP contribution in [0.4, 0.5) is 4.39 Å². The first-order valence-electron chi connectivity index (χ1n) is 7.00. The van der Waals surface area contributed by atoms with Crippen molar-refractivity contribution in [2.24, 2.45) is 0 Å². The van der Waals surface area contributed by atoms with E-state index in [1.807, 2.05) is 0 Å². The van der Waals surface area contributed by atoms with Gasteiger partial charge in [-0.2, -0.15) is 0 Å². The lowest BCUT2D eigenvalue weighted by Gasteiger charge is -2.14. The van der Waals surface area contributed by atoms with E-state index >= 15 is 0 Å². The molecule has 1 aliphatic rings. The van der Waals surface area contributed by atoms with Crippen molar-refractivity contribution < 1.29 is 12.8 Å². The van der Waals surface area contributed by atoms with Gasteiger partial charge in [-0.1, -0.05) is 18.2 Å². The summed E-state index contributed by atoms with van der Waals surface area (Å²) >= 11 is 0. The van der Waals surface area contributed by atoms with Crippen molar-refractivity contribution in [2.45, 2.75) is 25.0 Å². The van der Waals surface area contributed by atoms with Gasteiger partial charge in [0.1, 0.15) is 5.82 Å². The van der Waals surface area contributed by atoms with Gasteiger partial charge in [0, 0.05) is 12.1 Å². The summed E-state index contributed by atoms with van der Waals surface area (Å²) in [5.74, 6) is -0.779. The minimum absolute atomic E-state index is 0.208. The minimum atomic E-state index is -3.46. The van der Waals surface area contributed by atoms with Gasteiger partial charge in [0.15, 0.2) is 0 Å². The van der Waals surface area contributed by atoms with Crippen LogP contribution in [0, 0.1) is 5.82 Å². The fraction of sp³-hybridized carbons (Fsp3) is 0.571. The van der Waals surface area contributed by atoms with Gasteiger partial charge in [-0.15, -0.1) is 0 Å². The van der Waals surface area contributed by atoms with E-state index in [-0.39, 0.29) is 11.3 Å². The molecule has 1 fully saturated rings. The van der Waals surface area contributed by atoms with Gasteiger partial charge in [0.05, 0.1) is 5.75 Å². The molecule has 0 unspecified atom stereocenters. The number of nitrogens with one attached hydrogen (secondary N) is 1. The Morgan fingerprint density at radius 1 is 1.20 bits per heavy atom. The summed E-state index contributed by atoms with van der Waals surface area (Å²) in [5, 5.41) is 0. The largest absolute Gasteiger partial charge is 0.303 e. The Morgan fingerprint density at radius 2 is 1.90 bits per heavy atom. The van der Waals surface area contributed by atoms with Crippen molar-refractivity contribution in [3.63, 3.8) is 0 Å².